The van der Waals surface area contributed by atoms with E-state index in [1.165, 1.54) is 7.11 Å². The highest BCUT2D eigenvalue weighted by atomic mass is 16.6. The summed E-state index contributed by atoms with van der Waals surface area (Å²) in [5, 5.41) is 16.4. The van der Waals surface area contributed by atoms with Gasteiger partial charge in [-0.3, -0.25) is 4.79 Å². The molecule has 0 aliphatic carbocycles. The van der Waals surface area contributed by atoms with Gasteiger partial charge in [-0.2, -0.15) is 0 Å². The van der Waals surface area contributed by atoms with Crippen molar-refractivity contribution in [3.63, 3.8) is 0 Å². The van der Waals surface area contributed by atoms with Gasteiger partial charge in [0.25, 0.3) is 0 Å². The van der Waals surface area contributed by atoms with Crippen molar-refractivity contribution in [2.45, 2.75) is 64.8 Å². The molecule has 29 heavy (non-hydrogen) atoms. The lowest BCUT2D eigenvalue weighted by Gasteiger charge is -2.26. The standard InChI is InChI=1S/C22H34N2O5/c1-15(2)12-17(24-21(27)29-22(3,4)5)19(25)14-23-18(20(26)28-6)13-16-10-8-7-9-11-16/h7-12,17-19,23,25H,13-14H2,1-6H3,(H,24,27)/t17-,18-,19-/m0/s1. The number of ether oxygens (including phenoxy) is 2. The number of allylic oxidation sites excluding steroid dienone is 1. The topological polar surface area (TPSA) is 96.9 Å². The Morgan fingerprint density at radius 2 is 1.79 bits per heavy atom. The summed E-state index contributed by atoms with van der Waals surface area (Å²) in [5.74, 6) is -0.417. The number of alkyl carbamates (subject to hydrolysis) is 1. The molecular formula is C22H34N2O5. The maximum Gasteiger partial charge on any atom is 0.408 e. The average molecular weight is 407 g/mol. The van der Waals surface area contributed by atoms with E-state index in [-0.39, 0.29) is 6.54 Å². The summed E-state index contributed by atoms with van der Waals surface area (Å²) in [5.41, 5.74) is 1.26. The van der Waals surface area contributed by atoms with E-state index >= 15 is 0 Å². The molecule has 7 nitrogen and oxygen atoms in total. The van der Waals surface area contributed by atoms with Gasteiger partial charge in [0.1, 0.15) is 11.6 Å². The summed E-state index contributed by atoms with van der Waals surface area (Å²) in [6, 6.07) is 8.25. The molecular weight excluding hydrogens is 372 g/mol. The molecule has 0 fully saturated rings. The summed E-state index contributed by atoms with van der Waals surface area (Å²) in [7, 11) is 1.33. The van der Waals surface area contributed by atoms with Crippen molar-refractivity contribution in [2.75, 3.05) is 13.7 Å². The molecule has 1 aromatic carbocycles. The third-order valence-electron chi connectivity index (χ3n) is 3.95. The Labute approximate surface area is 173 Å². The highest BCUT2D eigenvalue weighted by molar-refractivity contribution is 5.76. The molecule has 3 atom stereocenters. The Balaban J connectivity index is 2.79. The lowest BCUT2D eigenvalue weighted by Crippen LogP contribution is -2.51. The fraction of sp³-hybridized carbons (Fsp3) is 0.545. The van der Waals surface area contributed by atoms with Crippen LogP contribution in [-0.2, 0) is 20.7 Å². The molecule has 3 N–H and O–H groups in total. The predicted octanol–water partition coefficient (Wildman–Crippen LogP) is 2.58. The molecule has 0 unspecified atom stereocenters. The number of aliphatic hydroxyl groups excluding tert-OH is 1. The van der Waals surface area contributed by atoms with Crippen molar-refractivity contribution < 1.29 is 24.2 Å². The highest BCUT2D eigenvalue weighted by Crippen LogP contribution is 2.09. The van der Waals surface area contributed by atoms with Crippen LogP contribution < -0.4 is 10.6 Å². The summed E-state index contributed by atoms with van der Waals surface area (Å²) in [6.45, 7) is 9.13. The zero-order chi connectivity index (χ0) is 22.0. The van der Waals surface area contributed by atoms with E-state index in [1.807, 2.05) is 44.2 Å². The Kier molecular flexibility index (Phi) is 9.85. The van der Waals surface area contributed by atoms with Gasteiger partial charge in [-0.05, 0) is 46.6 Å². The Hall–Kier alpha value is -2.38. The van der Waals surface area contributed by atoms with Crippen LogP contribution in [0.3, 0.4) is 0 Å². The second kappa shape index (κ2) is 11.6. The number of esters is 1. The number of benzene rings is 1. The minimum Gasteiger partial charge on any atom is -0.468 e. The Morgan fingerprint density at radius 3 is 2.31 bits per heavy atom. The number of hydrogen-bond acceptors (Lipinski definition) is 6. The van der Waals surface area contributed by atoms with E-state index in [0.717, 1.165) is 11.1 Å². The van der Waals surface area contributed by atoms with Gasteiger partial charge in [-0.25, -0.2) is 4.79 Å². The normalized spacial score (nSPS) is 14.3. The Bertz CT molecular complexity index is 678. The van der Waals surface area contributed by atoms with E-state index in [0.29, 0.717) is 6.42 Å². The number of carbonyl (C=O) groups is 2. The molecule has 0 aliphatic rings. The molecule has 0 spiro atoms. The van der Waals surface area contributed by atoms with Crippen molar-refractivity contribution >= 4 is 12.1 Å². The summed E-state index contributed by atoms with van der Waals surface area (Å²) >= 11 is 0. The van der Waals surface area contributed by atoms with Crippen molar-refractivity contribution in [3.05, 3.63) is 47.5 Å². The van der Waals surface area contributed by atoms with E-state index in [4.69, 9.17) is 9.47 Å². The summed E-state index contributed by atoms with van der Waals surface area (Å²) in [4.78, 5) is 24.3. The number of rotatable bonds is 9. The lowest BCUT2D eigenvalue weighted by molar-refractivity contribution is -0.143. The second-order valence-corrected chi connectivity index (χ2v) is 8.16. The molecule has 1 rings (SSSR count). The van der Waals surface area contributed by atoms with Gasteiger partial charge in [0.2, 0.25) is 0 Å². The van der Waals surface area contributed by atoms with Crippen LogP contribution in [0.5, 0.6) is 0 Å². The number of carbonyl (C=O) groups excluding carboxylic acids is 2. The summed E-state index contributed by atoms with van der Waals surface area (Å²) in [6.07, 6.45) is 0.585. The number of methoxy groups -OCH3 is 1. The van der Waals surface area contributed by atoms with Crippen molar-refractivity contribution in [2.24, 2.45) is 0 Å². The van der Waals surface area contributed by atoms with Crippen LogP contribution in [0.15, 0.2) is 42.0 Å². The van der Waals surface area contributed by atoms with Gasteiger partial charge in [0.15, 0.2) is 0 Å². The van der Waals surface area contributed by atoms with E-state index in [1.54, 1.807) is 26.8 Å². The lowest BCUT2D eigenvalue weighted by atomic mass is 10.0. The maximum atomic E-state index is 12.1. The molecule has 0 heterocycles. The molecule has 0 saturated carbocycles. The quantitative estimate of drug-likeness (QED) is 0.431. The van der Waals surface area contributed by atoms with E-state index in [9.17, 15) is 14.7 Å². The highest BCUT2D eigenvalue weighted by Gasteiger charge is 2.26. The minimum atomic E-state index is -0.972. The monoisotopic (exact) mass is 406 g/mol. The smallest absolute Gasteiger partial charge is 0.408 e. The van der Waals surface area contributed by atoms with Crippen LogP contribution in [0.2, 0.25) is 0 Å². The van der Waals surface area contributed by atoms with Crippen molar-refractivity contribution in [3.8, 4) is 0 Å². The second-order valence-electron chi connectivity index (χ2n) is 8.16. The predicted molar refractivity (Wildman–Crippen MR) is 113 cm³/mol. The number of nitrogens with one attached hydrogen (secondary N) is 2. The molecule has 7 heteroatoms. The third kappa shape index (κ3) is 10.1. The van der Waals surface area contributed by atoms with Crippen LogP contribution in [0.25, 0.3) is 0 Å². The largest absolute Gasteiger partial charge is 0.468 e. The number of aliphatic hydroxyl groups is 1. The molecule has 0 aromatic heterocycles. The average Bonchev–Trinajstić information content (AvgIpc) is 2.62. The SMILES string of the molecule is COC(=O)[C@H](Cc1ccccc1)NC[C@H](O)[C@H](C=C(C)C)NC(=O)OC(C)(C)C. The minimum absolute atomic E-state index is 0.0802. The van der Waals surface area contributed by atoms with Gasteiger partial charge in [0, 0.05) is 6.54 Å². The van der Waals surface area contributed by atoms with E-state index < -0.39 is 35.9 Å². The van der Waals surface area contributed by atoms with Crippen molar-refractivity contribution in [1.29, 1.82) is 0 Å². The molecule has 0 saturated heterocycles. The van der Waals surface area contributed by atoms with Crippen LogP contribution in [0.1, 0.15) is 40.2 Å². The number of amides is 1. The zero-order valence-corrected chi connectivity index (χ0v) is 18.2. The van der Waals surface area contributed by atoms with Crippen LogP contribution in [0, 0.1) is 0 Å². The first-order valence-corrected chi connectivity index (χ1v) is 9.69. The van der Waals surface area contributed by atoms with E-state index in [2.05, 4.69) is 10.6 Å². The fourth-order valence-electron chi connectivity index (χ4n) is 2.67. The summed E-state index contributed by atoms with van der Waals surface area (Å²) < 4.78 is 10.2. The van der Waals surface area contributed by atoms with Crippen LogP contribution in [0.4, 0.5) is 4.79 Å². The molecule has 162 valence electrons. The molecule has 0 bridgehead atoms. The van der Waals surface area contributed by atoms with Gasteiger partial charge in [-0.1, -0.05) is 42.0 Å². The molecule has 1 aromatic rings. The molecule has 0 radical (unpaired) electrons. The van der Waals surface area contributed by atoms with Crippen LogP contribution in [-0.4, -0.2) is 54.6 Å². The van der Waals surface area contributed by atoms with Gasteiger partial charge in [-0.15, -0.1) is 0 Å². The molecule has 1 amide bonds. The zero-order valence-electron chi connectivity index (χ0n) is 18.2. The Morgan fingerprint density at radius 1 is 1.17 bits per heavy atom. The first kappa shape index (κ1) is 24.7. The van der Waals surface area contributed by atoms with Gasteiger partial charge >= 0.3 is 12.1 Å². The number of hydrogen-bond donors (Lipinski definition) is 3. The molecule has 0 aliphatic heterocycles. The van der Waals surface area contributed by atoms with Crippen LogP contribution >= 0.6 is 0 Å². The van der Waals surface area contributed by atoms with Crippen molar-refractivity contribution in [1.82, 2.24) is 10.6 Å². The fourth-order valence-corrected chi connectivity index (χ4v) is 2.67. The third-order valence-corrected chi connectivity index (χ3v) is 3.95. The van der Waals surface area contributed by atoms with Gasteiger partial charge < -0.3 is 25.2 Å². The first-order valence-electron chi connectivity index (χ1n) is 9.69. The first-order chi connectivity index (χ1) is 13.5. The maximum absolute atomic E-state index is 12.1. The van der Waals surface area contributed by atoms with Gasteiger partial charge in [0.05, 0.1) is 19.3 Å².